The smallest absolute Gasteiger partial charge is 0.143 e. The van der Waals surface area contributed by atoms with Gasteiger partial charge in [-0.05, 0) is 80.6 Å². The van der Waals surface area contributed by atoms with Crippen LogP contribution in [0.15, 0.2) is 221 Å². The molecule has 9 aromatic rings. The summed E-state index contributed by atoms with van der Waals surface area (Å²) >= 11 is 0. The van der Waals surface area contributed by atoms with Gasteiger partial charge in [-0.25, -0.2) is 0 Å². The van der Waals surface area contributed by atoms with Crippen LogP contribution in [0.3, 0.4) is 0 Å². The minimum atomic E-state index is 0.750. The number of benzene rings is 8. The summed E-state index contributed by atoms with van der Waals surface area (Å²) in [5.41, 5.74) is 20.5. The van der Waals surface area contributed by atoms with E-state index in [1.165, 1.54) is 55.7 Å². The fourth-order valence-corrected chi connectivity index (χ4v) is 8.80. The van der Waals surface area contributed by atoms with Crippen LogP contribution in [0.25, 0.3) is 77.7 Å². The number of nitrogens with zero attached hydrogens (tertiary/aromatic N) is 1. The third kappa shape index (κ3) is 6.83. The van der Waals surface area contributed by atoms with Crippen molar-refractivity contribution in [3.05, 3.63) is 228 Å². The van der Waals surface area contributed by atoms with Crippen LogP contribution in [0.2, 0.25) is 0 Å². The molecule has 0 spiro atoms. The third-order valence-electron chi connectivity index (χ3n) is 11.7. The van der Waals surface area contributed by atoms with E-state index in [1.807, 2.05) is 0 Å². The summed E-state index contributed by atoms with van der Waals surface area (Å²) in [5.74, 6) is 0. The van der Waals surface area contributed by atoms with Gasteiger partial charge in [0.25, 0.3) is 0 Å². The molecule has 59 heavy (non-hydrogen) atoms. The van der Waals surface area contributed by atoms with Crippen LogP contribution in [0, 0.1) is 0 Å². The molecule has 2 heterocycles. The highest BCUT2D eigenvalue weighted by Gasteiger charge is 2.25. The maximum absolute atomic E-state index is 6.83. The number of aliphatic imine (C=N–C) groups is 1. The predicted molar refractivity (Wildman–Crippen MR) is 249 cm³/mol. The van der Waals surface area contributed by atoms with Crippen molar-refractivity contribution in [2.24, 2.45) is 4.99 Å². The van der Waals surface area contributed by atoms with Crippen molar-refractivity contribution in [1.29, 1.82) is 0 Å². The Morgan fingerprint density at radius 1 is 0.441 bits per heavy atom. The molecule has 8 aromatic carbocycles. The topological polar surface area (TPSA) is 25.5 Å². The second kappa shape index (κ2) is 15.6. The summed E-state index contributed by atoms with van der Waals surface area (Å²) in [5, 5.41) is 2.18. The van der Waals surface area contributed by atoms with E-state index in [-0.39, 0.29) is 0 Å². The summed E-state index contributed by atoms with van der Waals surface area (Å²) in [4.78, 5) is 5.66. The van der Waals surface area contributed by atoms with Gasteiger partial charge in [-0.15, -0.1) is 0 Å². The molecule has 0 fully saturated rings. The van der Waals surface area contributed by atoms with Gasteiger partial charge in [0.15, 0.2) is 0 Å². The zero-order valence-electron chi connectivity index (χ0n) is 33.3. The average Bonchev–Trinajstić information content (AvgIpc) is 3.63. The number of rotatable bonds is 8. The Kier molecular flexibility index (Phi) is 9.52. The molecule has 0 bridgehead atoms. The molecule has 0 amide bonds. The van der Waals surface area contributed by atoms with Gasteiger partial charge in [0.1, 0.15) is 11.2 Å². The lowest BCUT2D eigenvalue weighted by Crippen LogP contribution is -2.02. The first kappa shape index (κ1) is 36.1. The average molecular weight is 758 g/mol. The number of para-hydroxylation sites is 1. The first-order valence-corrected chi connectivity index (χ1v) is 20.6. The first-order valence-electron chi connectivity index (χ1n) is 20.6. The van der Waals surface area contributed by atoms with Crippen molar-refractivity contribution in [3.63, 3.8) is 0 Å². The van der Waals surface area contributed by atoms with Crippen LogP contribution >= 0.6 is 0 Å². The second-order valence-electron chi connectivity index (χ2n) is 15.4. The van der Waals surface area contributed by atoms with Crippen molar-refractivity contribution in [3.8, 4) is 44.5 Å². The maximum Gasteiger partial charge on any atom is 0.143 e. The van der Waals surface area contributed by atoms with Gasteiger partial charge in [0.2, 0.25) is 0 Å². The molecule has 1 aromatic heterocycles. The van der Waals surface area contributed by atoms with Crippen LogP contribution < -0.4 is 0 Å². The van der Waals surface area contributed by atoms with E-state index in [2.05, 4.69) is 214 Å². The van der Waals surface area contributed by atoms with Gasteiger partial charge >= 0.3 is 0 Å². The Morgan fingerprint density at radius 3 is 1.44 bits per heavy atom. The van der Waals surface area contributed by atoms with Gasteiger partial charge in [-0.1, -0.05) is 207 Å². The quantitative estimate of drug-likeness (QED) is 0.152. The molecule has 0 saturated carbocycles. The van der Waals surface area contributed by atoms with E-state index in [0.29, 0.717) is 0 Å². The van der Waals surface area contributed by atoms with Crippen LogP contribution in [-0.2, 0) is 0 Å². The molecule has 0 aliphatic carbocycles. The van der Waals surface area contributed by atoms with E-state index in [1.54, 1.807) is 0 Å². The van der Waals surface area contributed by atoms with Crippen molar-refractivity contribution >= 4 is 38.9 Å². The van der Waals surface area contributed by atoms with Gasteiger partial charge in [0, 0.05) is 28.3 Å². The van der Waals surface area contributed by atoms with Crippen molar-refractivity contribution in [2.45, 2.75) is 26.7 Å². The van der Waals surface area contributed by atoms with Gasteiger partial charge in [0.05, 0.1) is 11.4 Å². The summed E-state index contributed by atoms with van der Waals surface area (Å²) in [6.07, 6.45) is 1.57. The fraction of sp³-hybridized carbons (Fsp3) is 0.0702. The monoisotopic (exact) mass is 757 g/mol. The summed E-state index contributed by atoms with van der Waals surface area (Å²) in [6, 6.07) is 71.5. The fourth-order valence-electron chi connectivity index (χ4n) is 8.80. The van der Waals surface area contributed by atoms with E-state index < -0.39 is 0 Å². The second-order valence-corrected chi connectivity index (χ2v) is 15.4. The van der Waals surface area contributed by atoms with Gasteiger partial charge < -0.3 is 4.42 Å². The van der Waals surface area contributed by atoms with Crippen LogP contribution in [0.4, 0.5) is 0 Å². The molecule has 0 N–H and O–H groups in total. The van der Waals surface area contributed by atoms with Gasteiger partial charge in [-0.3, -0.25) is 4.99 Å². The zero-order valence-corrected chi connectivity index (χ0v) is 33.3. The Morgan fingerprint density at radius 2 is 0.898 bits per heavy atom. The van der Waals surface area contributed by atoms with Crippen molar-refractivity contribution in [2.75, 3.05) is 0 Å². The predicted octanol–water partition coefficient (Wildman–Crippen LogP) is 15.7. The van der Waals surface area contributed by atoms with Gasteiger partial charge in [-0.2, -0.15) is 0 Å². The molecular weight excluding hydrogens is 715 g/mol. The molecular formula is C57H43NO. The SMILES string of the molecule is CCC1=C(c2cccc3oc4c(-c5ccc(-c6ccccc6)cc5)cccc4c23)N=C(c2ccccc2)CC(C)=C1c1ccc(-c2ccc(-c3ccccc3)cc2)cc1. The standard InChI is InChI=1S/C57H43NO/c1-3-48-54(47-35-31-44(32-36-47)43-27-25-41(26-28-43)39-15-7-4-8-16-39)38(2)37-52(46-19-11-6-12-20-46)58-56(48)50-22-14-24-53-55(50)51-23-13-21-49(57(51)59-53)45-33-29-42(30-34-45)40-17-9-5-10-18-40/h4-36H,3,37H2,1-2H3. The lowest BCUT2D eigenvalue weighted by molar-refractivity contribution is 0.670. The van der Waals surface area contributed by atoms with Crippen LogP contribution in [0.5, 0.6) is 0 Å². The first-order chi connectivity index (χ1) is 29.1. The highest BCUT2D eigenvalue weighted by atomic mass is 16.3. The van der Waals surface area contributed by atoms with Crippen molar-refractivity contribution < 1.29 is 4.42 Å². The highest BCUT2D eigenvalue weighted by molar-refractivity contribution is 6.16. The maximum atomic E-state index is 6.83. The minimum absolute atomic E-state index is 0.750. The Balaban J connectivity index is 1.10. The number of hydrogen-bond acceptors (Lipinski definition) is 2. The van der Waals surface area contributed by atoms with Crippen molar-refractivity contribution in [1.82, 2.24) is 0 Å². The largest absolute Gasteiger partial charge is 0.455 e. The Bertz CT molecular complexity index is 3040. The number of furan rings is 1. The molecule has 282 valence electrons. The minimum Gasteiger partial charge on any atom is -0.455 e. The molecule has 1 aliphatic rings. The molecule has 2 nitrogen and oxygen atoms in total. The lowest BCUT2D eigenvalue weighted by Gasteiger charge is -2.17. The van der Waals surface area contributed by atoms with E-state index in [9.17, 15) is 0 Å². The summed E-state index contributed by atoms with van der Waals surface area (Å²) < 4.78 is 6.83. The van der Waals surface area contributed by atoms with E-state index in [0.717, 1.165) is 68.4 Å². The van der Waals surface area contributed by atoms with Crippen LogP contribution in [-0.4, -0.2) is 5.71 Å². The highest BCUT2D eigenvalue weighted by Crippen LogP contribution is 2.45. The number of fused-ring (bicyclic) bond motifs is 3. The Hall–Kier alpha value is -7.29. The third-order valence-corrected chi connectivity index (χ3v) is 11.7. The normalized spacial score (nSPS) is 13.2. The lowest BCUT2D eigenvalue weighted by atomic mass is 9.87. The summed E-state index contributed by atoms with van der Waals surface area (Å²) in [6.45, 7) is 4.55. The zero-order chi connectivity index (χ0) is 39.7. The Labute approximate surface area is 346 Å². The van der Waals surface area contributed by atoms with E-state index >= 15 is 0 Å². The molecule has 0 saturated heterocycles. The number of hydrogen-bond donors (Lipinski definition) is 0. The number of allylic oxidation sites excluding steroid dienone is 3. The summed E-state index contributed by atoms with van der Waals surface area (Å²) in [7, 11) is 0. The van der Waals surface area contributed by atoms with E-state index in [4.69, 9.17) is 9.41 Å². The molecule has 10 rings (SSSR count). The molecule has 0 unspecified atom stereocenters. The molecule has 0 atom stereocenters. The van der Waals surface area contributed by atoms with Crippen LogP contribution in [0.1, 0.15) is 43.4 Å². The molecule has 1 aliphatic heterocycles. The molecule has 2 heteroatoms. The molecule has 0 radical (unpaired) electrons.